The SMILES string of the molecule is CC(C)(C)N1C(=O)[C@H](N)[C@@H]1c1ccc(F)cc1. The molecule has 2 rings (SSSR count). The Morgan fingerprint density at radius 2 is 1.76 bits per heavy atom. The van der Waals surface area contributed by atoms with Gasteiger partial charge in [-0.1, -0.05) is 12.1 Å². The number of rotatable bonds is 1. The topological polar surface area (TPSA) is 46.3 Å². The molecule has 3 nitrogen and oxygen atoms in total. The zero-order valence-electron chi connectivity index (χ0n) is 10.3. The van der Waals surface area contributed by atoms with Crippen LogP contribution in [0.15, 0.2) is 24.3 Å². The summed E-state index contributed by atoms with van der Waals surface area (Å²) in [4.78, 5) is 13.5. The minimum absolute atomic E-state index is 0.0492. The first-order chi connectivity index (χ1) is 7.82. The summed E-state index contributed by atoms with van der Waals surface area (Å²) in [6.07, 6.45) is 0. The van der Waals surface area contributed by atoms with E-state index in [9.17, 15) is 9.18 Å². The molecule has 0 spiro atoms. The van der Waals surface area contributed by atoms with E-state index in [4.69, 9.17) is 5.73 Å². The highest BCUT2D eigenvalue weighted by atomic mass is 19.1. The molecular weight excluding hydrogens is 219 g/mol. The van der Waals surface area contributed by atoms with E-state index >= 15 is 0 Å². The number of carbonyl (C=O) groups excluding carboxylic acids is 1. The quantitative estimate of drug-likeness (QED) is 0.756. The number of carbonyl (C=O) groups is 1. The average molecular weight is 236 g/mol. The number of halogens is 1. The van der Waals surface area contributed by atoms with Crippen molar-refractivity contribution in [3.05, 3.63) is 35.6 Å². The van der Waals surface area contributed by atoms with Crippen LogP contribution in [0.25, 0.3) is 0 Å². The Kier molecular flexibility index (Phi) is 2.70. The monoisotopic (exact) mass is 236 g/mol. The molecular formula is C13H17FN2O. The van der Waals surface area contributed by atoms with E-state index < -0.39 is 6.04 Å². The van der Waals surface area contributed by atoms with Crippen LogP contribution in [0, 0.1) is 5.82 Å². The van der Waals surface area contributed by atoms with Crippen LogP contribution in [-0.4, -0.2) is 22.4 Å². The zero-order chi connectivity index (χ0) is 12.8. The summed E-state index contributed by atoms with van der Waals surface area (Å²) in [5.74, 6) is -0.331. The fraction of sp³-hybridized carbons (Fsp3) is 0.462. The Hall–Kier alpha value is -1.42. The van der Waals surface area contributed by atoms with E-state index in [2.05, 4.69) is 0 Å². The third-order valence-electron chi connectivity index (χ3n) is 3.08. The Morgan fingerprint density at radius 3 is 2.24 bits per heavy atom. The van der Waals surface area contributed by atoms with Crippen molar-refractivity contribution in [1.82, 2.24) is 4.90 Å². The zero-order valence-corrected chi connectivity index (χ0v) is 10.3. The largest absolute Gasteiger partial charge is 0.327 e. The molecule has 4 heteroatoms. The molecule has 92 valence electrons. The summed E-state index contributed by atoms with van der Waals surface area (Å²) < 4.78 is 12.9. The van der Waals surface area contributed by atoms with Crippen molar-refractivity contribution in [3.63, 3.8) is 0 Å². The first-order valence-electron chi connectivity index (χ1n) is 5.66. The van der Waals surface area contributed by atoms with Gasteiger partial charge >= 0.3 is 0 Å². The van der Waals surface area contributed by atoms with Crippen LogP contribution in [0.2, 0.25) is 0 Å². The lowest BCUT2D eigenvalue weighted by atomic mass is 9.84. The highest BCUT2D eigenvalue weighted by Crippen LogP contribution is 2.39. The van der Waals surface area contributed by atoms with Gasteiger partial charge < -0.3 is 10.6 Å². The van der Waals surface area contributed by atoms with E-state index in [0.717, 1.165) is 5.56 Å². The third-order valence-corrected chi connectivity index (χ3v) is 3.08. The van der Waals surface area contributed by atoms with Crippen LogP contribution in [0.3, 0.4) is 0 Å². The number of β-lactam (4-membered cyclic amide) rings is 1. The maximum absolute atomic E-state index is 12.9. The molecule has 1 fully saturated rings. The molecule has 0 aromatic heterocycles. The third kappa shape index (κ3) is 1.93. The van der Waals surface area contributed by atoms with Crippen molar-refractivity contribution < 1.29 is 9.18 Å². The lowest BCUT2D eigenvalue weighted by Gasteiger charge is -2.52. The number of hydrogen-bond acceptors (Lipinski definition) is 2. The molecule has 0 aliphatic carbocycles. The average Bonchev–Trinajstić information content (AvgIpc) is 2.24. The number of amides is 1. The predicted octanol–water partition coefficient (Wildman–Crippen LogP) is 1.83. The van der Waals surface area contributed by atoms with Gasteiger partial charge in [-0.3, -0.25) is 4.79 Å². The van der Waals surface area contributed by atoms with Gasteiger partial charge in [0.2, 0.25) is 5.91 Å². The van der Waals surface area contributed by atoms with E-state index in [-0.39, 0.29) is 23.3 Å². The molecule has 1 aromatic carbocycles. The maximum Gasteiger partial charge on any atom is 0.243 e. The second-order valence-corrected chi connectivity index (χ2v) is 5.40. The molecule has 1 aliphatic heterocycles. The number of benzene rings is 1. The van der Waals surface area contributed by atoms with E-state index in [1.165, 1.54) is 12.1 Å². The van der Waals surface area contributed by atoms with Gasteiger partial charge in [0, 0.05) is 5.54 Å². The highest BCUT2D eigenvalue weighted by Gasteiger charge is 2.50. The van der Waals surface area contributed by atoms with Crippen molar-refractivity contribution >= 4 is 5.91 Å². The van der Waals surface area contributed by atoms with Crippen molar-refractivity contribution in [2.24, 2.45) is 5.73 Å². The summed E-state index contributed by atoms with van der Waals surface area (Å²) in [5, 5.41) is 0. The number of nitrogens with zero attached hydrogens (tertiary/aromatic N) is 1. The Labute approximate surface area is 100 Å². The van der Waals surface area contributed by atoms with Gasteiger partial charge in [0.05, 0.1) is 6.04 Å². The highest BCUT2D eigenvalue weighted by molar-refractivity contribution is 5.90. The van der Waals surface area contributed by atoms with Crippen LogP contribution in [-0.2, 0) is 4.79 Å². The van der Waals surface area contributed by atoms with Crippen molar-refractivity contribution in [2.45, 2.75) is 38.4 Å². The molecule has 17 heavy (non-hydrogen) atoms. The summed E-state index contributed by atoms with van der Waals surface area (Å²) in [6, 6.07) is 5.50. The van der Waals surface area contributed by atoms with Crippen LogP contribution in [0.4, 0.5) is 4.39 Å². The molecule has 2 N–H and O–H groups in total. The Morgan fingerprint density at radius 1 is 1.24 bits per heavy atom. The number of likely N-dealkylation sites (tertiary alicyclic amines) is 1. The second kappa shape index (κ2) is 3.81. The van der Waals surface area contributed by atoms with Crippen LogP contribution < -0.4 is 5.73 Å². The van der Waals surface area contributed by atoms with E-state index in [1.54, 1.807) is 17.0 Å². The second-order valence-electron chi connectivity index (χ2n) is 5.40. The van der Waals surface area contributed by atoms with Gasteiger partial charge in [-0.25, -0.2) is 4.39 Å². The van der Waals surface area contributed by atoms with E-state index in [0.29, 0.717) is 0 Å². The van der Waals surface area contributed by atoms with Crippen LogP contribution >= 0.6 is 0 Å². The predicted molar refractivity (Wildman–Crippen MR) is 63.7 cm³/mol. The molecule has 0 bridgehead atoms. The lowest BCUT2D eigenvalue weighted by Crippen LogP contribution is -2.68. The minimum Gasteiger partial charge on any atom is -0.327 e. The molecule has 0 unspecified atom stereocenters. The smallest absolute Gasteiger partial charge is 0.243 e. The van der Waals surface area contributed by atoms with Gasteiger partial charge in [0.25, 0.3) is 0 Å². The molecule has 1 amide bonds. The van der Waals surface area contributed by atoms with Gasteiger partial charge in [-0.2, -0.15) is 0 Å². The fourth-order valence-corrected chi connectivity index (χ4v) is 2.28. The van der Waals surface area contributed by atoms with Crippen molar-refractivity contribution in [3.8, 4) is 0 Å². The molecule has 2 atom stereocenters. The molecule has 1 aromatic rings. The normalized spacial score (nSPS) is 24.8. The van der Waals surface area contributed by atoms with Crippen LogP contribution in [0.1, 0.15) is 32.4 Å². The Balaban J connectivity index is 2.31. The van der Waals surface area contributed by atoms with Crippen molar-refractivity contribution in [1.29, 1.82) is 0 Å². The standard InChI is InChI=1S/C13H17FN2O/c1-13(2,3)16-11(10(15)12(16)17)8-4-6-9(14)7-5-8/h4-7,10-11H,15H2,1-3H3/t10-,11+/m1/s1. The van der Waals surface area contributed by atoms with Crippen molar-refractivity contribution in [2.75, 3.05) is 0 Å². The molecule has 0 radical (unpaired) electrons. The number of hydrogen-bond donors (Lipinski definition) is 1. The summed E-state index contributed by atoms with van der Waals surface area (Å²) in [6.45, 7) is 5.90. The summed E-state index contributed by atoms with van der Waals surface area (Å²) >= 11 is 0. The van der Waals surface area contributed by atoms with Gasteiger partial charge in [-0.05, 0) is 38.5 Å². The lowest BCUT2D eigenvalue weighted by molar-refractivity contribution is -0.158. The van der Waals surface area contributed by atoms with E-state index in [1.807, 2.05) is 20.8 Å². The maximum atomic E-state index is 12.9. The summed E-state index contributed by atoms with van der Waals surface area (Å²) in [7, 11) is 0. The van der Waals surface area contributed by atoms with Gasteiger partial charge in [0.1, 0.15) is 11.9 Å². The molecule has 1 saturated heterocycles. The molecule has 1 aliphatic rings. The fourth-order valence-electron chi connectivity index (χ4n) is 2.28. The van der Waals surface area contributed by atoms with Gasteiger partial charge in [0.15, 0.2) is 0 Å². The van der Waals surface area contributed by atoms with Crippen LogP contribution in [0.5, 0.6) is 0 Å². The molecule has 1 heterocycles. The summed E-state index contributed by atoms with van der Waals surface area (Å²) in [5.41, 5.74) is 6.45. The number of nitrogens with two attached hydrogens (primary N) is 1. The Bertz CT molecular complexity index is 436. The molecule has 0 saturated carbocycles. The minimum atomic E-state index is -0.514. The first kappa shape index (κ1) is 12.0. The van der Waals surface area contributed by atoms with Gasteiger partial charge in [-0.15, -0.1) is 0 Å². The first-order valence-corrected chi connectivity index (χ1v) is 5.66.